The Labute approximate surface area is 449 Å². The summed E-state index contributed by atoms with van der Waals surface area (Å²) >= 11 is 0. The van der Waals surface area contributed by atoms with Gasteiger partial charge in [-0.3, -0.25) is 0 Å². The summed E-state index contributed by atoms with van der Waals surface area (Å²) in [5.41, 5.74) is 27.1. The van der Waals surface area contributed by atoms with Crippen LogP contribution >= 0.6 is 0 Å². The van der Waals surface area contributed by atoms with Crippen molar-refractivity contribution in [3.63, 3.8) is 0 Å². The van der Waals surface area contributed by atoms with Crippen LogP contribution in [0.3, 0.4) is 0 Å². The molecule has 0 amide bonds. The number of benzene rings is 7. The van der Waals surface area contributed by atoms with Crippen LogP contribution in [0.25, 0.3) is 33.4 Å². The number of hydrogen-bond donors (Lipinski definition) is 0. The molecule has 7 aliphatic rings. The molecular formula is C74H62N2. The SMILES string of the molecule is CC1(c2ccccc2)C=CC(N(C2=CC=C(C3=CC=CCC3)CC2)c2ccc3c(c2)C2(C4=C(C=CCC4)c4ccc(N(c5ccc(C6=CC=CCC6)cc5)c5ccc(-c6ccccc6)cc5)cc42)c2ccccc2-3)=CC1. The van der Waals surface area contributed by atoms with Gasteiger partial charge in [0.1, 0.15) is 0 Å². The fourth-order valence-electron chi connectivity index (χ4n) is 13.6. The van der Waals surface area contributed by atoms with Crippen molar-refractivity contribution < 1.29 is 0 Å². The van der Waals surface area contributed by atoms with E-state index >= 15 is 0 Å². The van der Waals surface area contributed by atoms with E-state index in [9.17, 15) is 0 Å². The van der Waals surface area contributed by atoms with Crippen molar-refractivity contribution in [2.75, 3.05) is 9.80 Å². The van der Waals surface area contributed by atoms with Gasteiger partial charge in [0.15, 0.2) is 0 Å². The van der Waals surface area contributed by atoms with Gasteiger partial charge < -0.3 is 9.80 Å². The van der Waals surface area contributed by atoms with E-state index in [-0.39, 0.29) is 5.41 Å². The maximum atomic E-state index is 2.60. The van der Waals surface area contributed by atoms with E-state index in [1.807, 2.05) is 0 Å². The summed E-state index contributed by atoms with van der Waals surface area (Å²) in [6, 6.07) is 64.4. The van der Waals surface area contributed by atoms with Gasteiger partial charge in [-0.25, -0.2) is 0 Å². The van der Waals surface area contributed by atoms with Crippen LogP contribution in [0.2, 0.25) is 0 Å². The molecule has 368 valence electrons. The summed E-state index contributed by atoms with van der Waals surface area (Å²) in [5, 5.41) is 0. The second-order valence-electron chi connectivity index (χ2n) is 21.8. The standard InChI is InChI=1S/C74H62N2/c1-73(58-24-12-5-13-25-58)48-46-62(47-49-73)76(61-40-34-57(35-41-61)54-22-10-4-11-23-54)64-43-45-68-66-27-15-17-29-70(66)74(72(68)51-64)69-28-16-14-26-65(69)67-44-42-63(50-71(67)74)75(59-36-30-55(31-37-59)52-18-6-2-7-19-52)60-38-32-56(33-39-60)53-20-8-3-9-21-53/h2-8,10,12-15,17-20,22,24-27,29-34,36-40,42-48,50-51H,9,11,16,21,23,28,35,41,49H2,1H3. The molecule has 0 aliphatic heterocycles. The molecule has 14 rings (SSSR count). The van der Waals surface area contributed by atoms with Crippen LogP contribution in [-0.4, -0.2) is 0 Å². The van der Waals surface area contributed by atoms with Crippen molar-refractivity contribution in [3.8, 4) is 22.3 Å². The highest BCUT2D eigenvalue weighted by Crippen LogP contribution is 2.65. The summed E-state index contributed by atoms with van der Waals surface area (Å²) in [5.74, 6) is 0. The highest BCUT2D eigenvalue weighted by atomic mass is 15.2. The van der Waals surface area contributed by atoms with E-state index in [0.717, 1.165) is 74.8 Å². The highest BCUT2D eigenvalue weighted by molar-refractivity contribution is 5.99. The minimum Gasteiger partial charge on any atom is -0.315 e. The molecule has 0 radical (unpaired) electrons. The van der Waals surface area contributed by atoms with Crippen LogP contribution < -0.4 is 9.80 Å². The van der Waals surface area contributed by atoms with E-state index in [2.05, 4.69) is 266 Å². The fourth-order valence-corrected chi connectivity index (χ4v) is 13.6. The maximum Gasteiger partial charge on any atom is 0.0690 e. The van der Waals surface area contributed by atoms with E-state index < -0.39 is 5.41 Å². The lowest BCUT2D eigenvalue weighted by Gasteiger charge is -2.37. The van der Waals surface area contributed by atoms with Crippen molar-refractivity contribution in [1.29, 1.82) is 0 Å². The third-order valence-corrected chi connectivity index (χ3v) is 17.5. The summed E-state index contributed by atoms with van der Waals surface area (Å²) in [6.45, 7) is 2.38. The fraction of sp³-hybridized carbons (Fsp3) is 0.162. The van der Waals surface area contributed by atoms with Crippen molar-refractivity contribution in [2.45, 2.75) is 75.5 Å². The molecule has 2 heteroatoms. The third kappa shape index (κ3) is 7.76. The molecule has 2 nitrogen and oxygen atoms in total. The van der Waals surface area contributed by atoms with Gasteiger partial charge >= 0.3 is 0 Å². The van der Waals surface area contributed by atoms with E-state index in [1.165, 1.54) is 101 Å². The Kier molecular flexibility index (Phi) is 11.5. The molecule has 7 aromatic rings. The predicted octanol–water partition coefficient (Wildman–Crippen LogP) is 19.5. The van der Waals surface area contributed by atoms with E-state index in [0.29, 0.717) is 0 Å². The highest BCUT2D eigenvalue weighted by Gasteiger charge is 2.53. The molecule has 0 bridgehead atoms. The largest absolute Gasteiger partial charge is 0.315 e. The van der Waals surface area contributed by atoms with E-state index in [1.54, 1.807) is 0 Å². The van der Waals surface area contributed by atoms with Gasteiger partial charge in [-0.1, -0.05) is 195 Å². The number of hydrogen-bond acceptors (Lipinski definition) is 2. The van der Waals surface area contributed by atoms with Crippen LogP contribution in [0.1, 0.15) is 98.1 Å². The topological polar surface area (TPSA) is 6.48 Å². The molecule has 0 fully saturated rings. The van der Waals surface area contributed by atoms with Crippen molar-refractivity contribution in [1.82, 2.24) is 0 Å². The molecule has 76 heavy (non-hydrogen) atoms. The number of allylic oxidation sites excluding steroid dienone is 19. The second kappa shape index (κ2) is 19.0. The Hall–Kier alpha value is -8.46. The number of nitrogens with zero attached hydrogens (tertiary/aromatic N) is 2. The van der Waals surface area contributed by atoms with Gasteiger partial charge in [-0.2, -0.15) is 0 Å². The Morgan fingerprint density at radius 3 is 1.70 bits per heavy atom. The summed E-state index contributed by atoms with van der Waals surface area (Å²) in [6.07, 6.45) is 40.0. The van der Waals surface area contributed by atoms with Gasteiger partial charge in [-0.05, 0) is 202 Å². The molecule has 0 heterocycles. The molecule has 2 atom stereocenters. The average Bonchev–Trinajstić information content (AvgIpc) is 4.19. The first-order chi connectivity index (χ1) is 37.5. The monoisotopic (exact) mass is 978 g/mol. The third-order valence-electron chi connectivity index (χ3n) is 17.5. The van der Waals surface area contributed by atoms with Gasteiger partial charge in [0.25, 0.3) is 0 Å². The molecule has 0 N–H and O–H groups in total. The molecule has 7 aliphatic carbocycles. The Morgan fingerprint density at radius 2 is 1.01 bits per heavy atom. The number of rotatable bonds is 10. The van der Waals surface area contributed by atoms with Crippen LogP contribution in [0.4, 0.5) is 22.7 Å². The quantitative estimate of drug-likeness (QED) is 0.135. The first-order valence-corrected chi connectivity index (χ1v) is 27.8. The minimum atomic E-state index is -0.482. The van der Waals surface area contributed by atoms with Crippen LogP contribution in [0.15, 0.2) is 277 Å². The molecule has 0 saturated heterocycles. The zero-order valence-electron chi connectivity index (χ0n) is 43.4. The molecular weight excluding hydrogens is 917 g/mol. The molecule has 0 aromatic heterocycles. The summed E-state index contributed by atoms with van der Waals surface area (Å²) in [4.78, 5) is 5.09. The number of anilines is 4. The smallest absolute Gasteiger partial charge is 0.0690 e. The van der Waals surface area contributed by atoms with E-state index in [4.69, 9.17) is 0 Å². The zero-order chi connectivity index (χ0) is 50.6. The Balaban J connectivity index is 0.937. The maximum absolute atomic E-state index is 2.60. The normalized spacial score (nSPS) is 20.7. The van der Waals surface area contributed by atoms with Gasteiger partial charge in [-0.15, -0.1) is 0 Å². The zero-order valence-corrected chi connectivity index (χ0v) is 43.4. The lowest BCUT2D eigenvalue weighted by atomic mass is 9.68. The van der Waals surface area contributed by atoms with Crippen molar-refractivity contribution >= 4 is 33.9 Å². The van der Waals surface area contributed by atoms with Crippen LogP contribution in [0.5, 0.6) is 0 Å². The van der Waals surface area contributed by atoms with Crippen LogP contribution in [-0.2, 0) is 10.8 Å². The number of fused-ring (bicyclic) bond motifs is 9. The first kappa shape index (κ1) is 46.1. The second-order valence-corrected chi connectivity index (χ2v) is 21.8. The predicted molar refractivity (Wildman–Crippen MR) is 320 cm³/mol. The van der Waals surface area contributed by atoms with Gasteiger partial charge in [0.05, 0.1) is 5.41 Å². The summed E-state index contributed by atoms with van der Waals surface area (Å²) < 4.78 is 0. The van der Waals surface area contributed by atoms with Crippen molar-refractivity contribution in [3.05, 3.63) is 310 Å². The molecule has 2 unspecified atom stereocenters. The Bertz CT molecular complexity index is 3770. The average molecular weight is 979 g/mol. The first-order valence-electron chi connectivity index (χ1n) is 27.8. The molecule has 0 saturated carbocycles. The molecule has 1 spiro atoms. The summed E-state index contributed by atoms with van der Waals surface area (Å²) in [7, 11) is 0. The van der Waals surface area contributed by atoms with Gasteiger partial charge in [0, 0.05) is 39.6 Å². The lowest BCUT2D eigenvalue weighted by molar-refractivity contribution is 0.594. The Morgan fingerprint density at radius 1 is 0.421 bits per heavy atom. The minimum absolute atomic E-state index is 0.0812. The molecule has 7 aromatic carbocycles. The lowest BCUT2D eigenvalue weighted by Crippen LogP contribution is -2.29. The van der Waals surface area contributed by atoms with Crippen LogP contribution in [0, 0.1) is 0 Å². The van der Waals surface area contributed by atoms with Crippen molar-refractivity contribution in [2.24, 2.45) is 0 Å². The van der Waals surface area contributed by atoms with Gasteiger partial charge in [0.2, 0.25) is 0 Å².